The lowest BCUT2D eigenvalue weighted by molar-refractivity contribution is -0.141. The van der Waals surface area contributed by atoms with E-state index in [2.05, 4.69) is 5.32 Å². The summed E-state index contributed by atoms with van der Waals surface area (Å²) in [5.41, 5.74) is 0.904. The Morgan fingerprint density at radius 1 is 1.35 bits per heavy atom. The van der Waals surface area contributed by atoms with E-state index in [4.69, 9.17) is 5.11 Å². The molecule has 1 fully saturated rings. The highest BCUT2D eigenvalue weighted by Crippen LogP contribution is 2.26. The first-order chi connectivity index (χ1) is 9.38. The van der Waals surface area contributed by atoms with Gasteiger partial charge in [0.15, 0.2) is 5.78 Å². The summed E-state index contributed by atoms with van der Waals surface area (Å²) >= 11 is 0. The summed E-state index contributed by atoms with van der Waals surface area (Å²) < 4.78 is 1.61. The molecule has 6 heteroatoms. The highest BCUT2D eigenvalue weighted by molar-refractivity contribution is 5.99. The van der Waals surface area contributed by atoms with E-state index in [-0.39, 0.29) is 23.7 Å². The summed E-state index contributed by atoms with van der Waals surface area (Å²) in [4.78, 5) is 34.3. The van der Waals surface area contributed by atoms with Crippen LogP contribution in [0.4, 0.5) is 0 Å². The molecule has 20 heavy (non-hydrogen) atoms. The van der Waals surface area contributed by atoms with E-state index >= 15 is 0 Å². The van der Waals surface area contributed by atoms with Gasteiger partial charge in [-0.2, -0.15) is 0 Å². The van der Waals surface area contributed by atoms with Crippen LogP contribution in [-0.2, 0) is 11.8 Å². The van der Waals surface area contributed by atoms with Crippen LogP contribution in [0.1, 0.15) is 47.0 Å². The maximum absolute atomic E-state index is 12.1. The largest absolute Gasteiger partial charge is 0.481 e. The van der Waals surface area contributed by atoms with Gasteiger partial charge in [0.2, 0.25) is 0 Å². The Balaban J connectivity index is 2.02. The molecule has 2 N–H and O–H groups in total. The lowest BCUT2D eigenvalue weighted by atomic mass is 10.1. The Labute approximate surface area is 116 Å². The van der Waals surface area contributed by atoms with Crippen LogP contribution >= 0.6 is 0 Å². The molecule has 2 rings (SSSR count). The second-order valence-corrected chi connectivity index (χ2v) is 5.30. The summed E-state index contributed by atoms with van der Waals surface area (Å²) in [5, 5.41) is 11.8. The van der Waals surface area contributed by atoms with Crippen LogP contribution in [0, 0.1) is 5.92 Å². The predicted octanol–water partition coefficient (Wildman–Crippen LogP) is 1.21. The molecule has 0 aliphatic heterocycles. The Morgan fingerprint density at radius 3 is 2.55 bits per heavy atom. The first kappa shape index (κ1) is 14.3. The number of hydrogen-bond acceptors (Lipinski definition) is 3. The van der Waals surface area contributed by atoms with Crippen molar-refractivity contribution in [3.05, 3.63) is 23.5 Å². The lowest BCUT2D eigenvalue weighted by Gasteiger charge is -2.12. The maximum atomic E-state index is 12.1. The topological polar surface area (TPSA) is 88.4 Å². The number of nitrogens with one attached hydrogen (secondary N) is 1. The molecule has 1 aromatic rings. The summed E-state index contributed by atoms with van der Waals surface area (Å²) in [6.45, 7) is 1.45. The van der Waals surface area contributed by atoms with Crippen LogP contribution in [0.3, 0.4) is 0 Å². The van der Waals surface area contributed by atoms with Crippen molar-refractivity contribution < 1.29 is 19.5 Å². The second-order valence-electron chi connectivity index (χ2n) is 5.30. The van der Waals surface area contributed by atoms with Crippen molar-refractivity contribution in [1.29, 1.82) is 0 Å². The van der Waals surface area contributed by atoms with Crippen LogP contribution in [0.5, 0.6) is 0 Å². The summed E-state index contributed by atoms with van der Waals surface area (Å²) in [6.07, 6.45) is 3.34. The molecule has 108 valence electrons. The van der Waals surface area contributed by atoms with Crippen molar-refractivity contribution >= 4 is 17.7 Å². The smallest absolute Gasteiger partial charge is 0.306 e. The van der Waals surface area contributed by atoms with Gasteiger partial charge in [-0.25, -0.2) is 0 Å². The van der Waals surface area contributed by atoms with Gasteiger partial charge in [-0.05, 0) is 32.3 Å². The minimum Gasteiger partial charge on any atom is -0.481 e. The monoisotopic (exact) mass is 278 g/mol. The third kappa shape index (κ3) is 2.89. The van der Waals surface area contributed by atoms with Crippen LogP contribution in [0.15, 0.2) is 12.3 Å². The minimum atomic E-state index is -0.806. The SMILES string of the molecule is CC(=O)c1cc(C(=O)NC2CCC(C(=O)O)C2)n(C)c1. The third-order valence-corrected chi connectivity index (χ3v) is 3.76. The van der Waals surface area contributed by atoms with Crippen molar-refractivity contribution in [3.63, 3.8) is 0 Å². The van der Waals surface area contributed by atoms with Gasteiger partial charge >= 0.3 is 5.97 Å². The Bertz CT molecular complexity index is 562. The van der Waals surface area contributed by atoms with Crippen LogP contribution in [0.2, 0.25) is 0 Å². The molecule has 1 aliphatic rings. The number of carbonyl (C=O) groups is 3. The fourth-order valence-corrected chi connectivity index (χ4v) is 2.58. The highest BCUT2D eigenvalue weighted by Gasteiger charge is 2.31. The maximum Gasteiger partial charge on any atom is 0.306 e. The fourth-order valence-electron chi connectivity index (χ4n) is 2.58. The number of amides is 1. The lowest BCUT2D eigenvalue weighted by Crippen LogP contribution is -2.34. The molecule has 1 heterocycles. The molecule has 0 bridgehead atoms. The zero-order valence-corrected chi connectivity index (χ0v) is 11.5. The molecule has 0 spiro atoms. The second kappa shape index (κ2) is 5.48. The zero-order valence-electron chi connectivity index (χ0n) is 11.5. The van der Waals surface area contributed by atoms with Gasteiger partial charge in [0, 0.05) is 24.8 Å². The molecule has 0 aromatic carbocycles. The van der Waals surface area contributed by atoms with E-state index in [0.29, 0.717) is 30.5 Å². The van der Waals surface area contributed by atoms with Crippen molar-refractivity contribution in [2.75, 3.05) is 0 Å². The van der Waals surface area contributed by atoms with Gasteiger partial charge in [-0.3, -0.25) is 14.4 Å². The van der Waals surface area contributed by atoms with Crippen LogP contribution in [-0.4, -0.2) is 33.4 Å². The Kier molecular flexibility index (Phi) is 3.92. The first-order valence-electron chi connectivity index (χ1n) is 6.59. The Morgan fingerprint density at radius 2 is 2.05 bits per heavy atom. The summed E-state index contributed by atoms with van der Waals surface area (Å²) in [6, 6.07) is 1.45. The van der Waals surface area contributed by atoms with Crippen LogP contribution < -0.4 is 5.32 Å². The number of rotatable bonds is 4. The minimum absolute atomic E-state index is 0.0912. The standard InChI is InChI=1S/C14H18N2O4/c1-8(17)10-6-12(16(2)7-10)13(18)15-11-4-3-9(5-11)14(19)20/h6-7,9,11H,3-5H2,1-2H3,(H,15,18)(H,19,20). The molecule has 6 nitrogen and oxygen atoms in total. The van der Waals surface area contributed by atoms with E-state index in [1.165, 1.54) is 6.92 Å². The van der Waals surface area contributed by atoms with Gasteiger partial charge < -0.3 is 15.0 Å². The van der Waals surface area contributed by atoms with Crippen molar-refractivity contribution in [3.8, 4) is 0 Å². The van der Waals surface area contributed by atoms with Gasteiger partial charge in [0.05, 0.1) is 5.92 Å². The molecule has 1 aliphatic carbocycles. The summed E-state index contributed by atoms with van der Waals surface area (Å²) in [5.74, 6) is -1.54. The van der Waals surface area contributed by atoms with E-state index in [1.807, 2.05) is 0 Å². The van der Waals surface area contributed by atoms with Crippen molar-refractivity contribution in [2.45, 2.75) is 32.2 Å². The normalized spacial score (nSPS) is 21.7. The van der Waals surface area contributed by atoms with E-state index in [1.54, 1.807) is 23.9 Å². The molecule has 1 aromatic heterocycles. The number of hydrogen-bond donors (Lipinski definition) is 2. The van der Waals surface area contributed by atoms with Crippen molar-refractivity contribution in [1.82, 2.24) is 9.88 Å². The van der Waals surface area contributed by atoms with Gasteiger partial charge in [0.25, 0.3) is 5.91 Å². The zero-order chi connectivity index (χ0) is 14.9. The average molecular weight is 278 g/mol. The summed E-state index contributed by atoms with van der Waals surface area (Å²) in [7, 11) is 1.70. The first-order valence-corrected chi connectivity index (χ1v) is 6.59. The number of carbonyl (C=O) groups excluding carboxylic acids is 2. The molecule has 2 atom stereocenters. The van der Waals surface area contributed by atoms with Gasteiger partial charge in [-0.15, -0.1) is 0 Å². The van der Waals surface area contributed by atoms with Gasteiger partial charge in [0.1, 0.15) is 5.69 Å². The highest BCUT2D eigenvalue weighted by atomic mass is 16.4. The predicted molar refractivity (Wildman–Crippen MR) is 71.6 cm³/mol. The molecule has 0 radical (unpaired) electrons. The molecular weight excluding hydrogens is 260 g/mol. The molecule has 2 unspecified atom stereocenters. The van der Waals surface area contributed by atoms with Crippen molar-refractivity contribution in [2.24, 2.45) is 13.0 Å². The number of Topliss-reactive ketones (excluding diaryl/α,β-unsaturated/α-hetero) is 1. The number of aryl methyl sites for hydroxylation is 1. The number of aromatic nitrogens is 1. The number of aliphatic carboxylic acids is 1. The van der Waals surface area contributed by atoms with E-state index in [9.17, 15) is 14.4 Å². The average Bonchev–Trinajstić information content (AvgIpc) is 2.95. The molecule has 1 amide bonds. The fraction of sp³-hybridized carbons (Fsp3) is 0.500. The quantitative estimate of drug-likeness (QED) is 0.810. The van der Waals surface area contributed by atoms with Gasteiger partial charge in [-0.1, -0.05) is 0 Å². The third-order valence-electron chi connectivity index (χ3n) is 3.76. The Hall–Kier alpha value is -2.11. The van der Waals surface area contributed by atoms with E-state index < -0.39 is 5.97 Å². The van der Waals surface area contributed by atoms with Crippen LogP contribution in [0.25, 0.3) is 0 Å². The number of nitrogens with zero attached hydrogens (tertiary/aromatic N) is 1. The number of ketones is 1. The molecule has 0 saturated heterocycles. The number of carboxylic acid groups (broad SMARTS) is 1. The molecule has 1 saturated carbocycles. The molecular formula is C14H18N2O4. The van der Waals surface area contributed by atoms with E-state index in [0.717, 1.165) is 0 Å². The number of carboxylic acids is 1.